The molecular formula is C26H23N3O6. The van der Waals surface area contributed by atoms with Crippen molar-refractivity contribution in [2.45, 2.75) is 25.4 Å². The van der Waals surface area contributed by atoms with Crippen LogP contribution in [0.15, 0.2) is 54.6 Å². The fourth-order valence-electron chi connectivity index (χ4n) is 4.52. The van der Waals surface area contributed by atoms with E-state index in [0.717, 1.165) is 16.5 Å². The van der Waals surface area contributed by atoms with Crippen molar-refractivity contribution in [1.82, 2.24) is 10.2 Å². The van der Waals surface area contributed by atoms with Crippen LogP contribution in [0.4, 0.5) is 5.69 Å². The molecule has 1 unspecified atom stereocenters. The Kier molecular flexibility index (Phi) is 5.82. The summed E-state index contributed by atoms with van der Waals surface area (Å²) in [7, 11) is 1.60. The van der Waals surface area contributed by atoms with Crippen molar-refractivity contribution >= 4 is 40.1 Å². The highest BCUT2D eigenvalue weighted by Crippen LogP contribution is 2.33. The normalized spacial score (nSPS) is 17.2. The van der Waals surface area contributed by atoms with Crippen LogP contribution in [0.2, 0.25) is 0 Å². The number of anilines is 1. The number of methoxy groups -OCH3 is 1. The fourth-order valence-corrected chi connectivity index (χ4v) is 4.52. The summed E-state index contributed by atoms with van der Waals surface area (Å²) < 4.78 is 11.1. The third-order valence-electron chi connectivity index (χ3n) is 6.26. The van der Waals surface area contributed by atoms with Gasteiger partial charge in [-0.05, 0) is 48.2 Å². The molecule has 5 rings (SSSR count). The lowest BCUT2D eigenvalue weighted by molar-refractivity contribution is -0.137. The highest BCUT2D eigenvalue weighted by molar-refractivity contribution is 6.06. The number of hydrogen-bond acceptors (Lipinski definition) is 6. The van der Waals surface area contributed by atoms with E-state index in [1.54, 1.807) is 25.3 Å². The summed E-state index contributed by atoms with van der Waals surface area (Å²) >= 11 is 0. The third-order valence-corrected chi connectivity index (χ3v) is 6.26. The largest absolute Gasteiger partial charge is 0.497 e. The summed E-state index contributed by atoms with van der Waals surface area (Å²) in [6.45, 7) is -0.0843. The molecule has 1 atom stereocenters. The number of rotatable bonds is 6. The van der Waals surface area contributed by atoms with Gasteiger partial charge in [0.05, 0.1) is 13.7 Å². The van der Waals surface area contributed by atoms with Gasteiger partial charge in [0.15, 0.2) is 6.61 Å². The Morgan fingerprint density at radius 3 is 2.74 bits per heavy atom. The van der Waals surface area contributed by atoms with Crippen LogP contribution in [0, 0.1) is 0 Å². The maximum Gasteiger partial charge on any atom is 0.262 e. The zero-order chi connectivity index (χ0) is 24.5. The van der Waals surface area contributed by atoms with Crippen LogP contribution in [0.3, 0.4) is 0 Å². The number of fused-ring (bicyclic) bond motifs is 2. The number of nitrogens with one attached hydrogen (secondary N) is 2. The molecule has 0 radical (unpaired) electrons. The molecule has 9 heteroatoms. The minimum Gasteiger partial charge on any atom is -0.497 e. The second kappa shape index (κ2) is 9.09. The molecular weight excluding hydrogens is 450 g/mol. The van der Waals surface area contributed by atoms with Gasteiger partial charge in [-0.2, -0.15) is 0 Å². The van der Waals surface area contributed by atoms with Crippen molar-refractivity contribution in [3.63, 3.8) is 0 Å². The molecule has 1 fully saturated rings. The second-order valence-corrected chi connectivity index (χ2v) is 8.41. The molecule has 2 aliphatic rings. The number of benzene rings is 3. The van der Waals surface area contributed by atoms with Crippen LogP contribution < -0.4 is 20.1 Å². The van der Waals surface area contributed by atoms with Gasteiger partial charge in [-0.1, -0.05) is 18.2 Å². The van der Waals surface area contributed by atoms with Crippen molar-refractivity contribution in [2.24, 2.45) is 0 Å². The van der Waals surface area contributed by atoms with E-state index in [-0.39, 0.29) is 43.7 Å². The Balaban J connectivity index is 1.28. The predicted molar refractivity (Wildman–Crippen MR) is 127 cm³/mol. The number of imide groups is 1. The number of hydrogen-bond donors (Lipinski definition) is 2. The van der Waals surface area contributed by atoms with E-state index in [9.17, 15) is 19.2 Å². The Morgan fingerprint density at radius 2 is 1.94 bits per heavy atom. The van der Waals surface area contributed by atoms with Crippen LogP contribution in [0.1, 0.15) is 28.8 Å². The SMILES string of the molecule is COc1ccc2c(NC(=O)COc3cccc4c3CN(C3CCC(=O)NC3=O)C4=O)cccc2c1. The number of amides is 4. The topological polar surface area (TPSA) is 114 Å². The van der Waals surface area contributed by atoms with E-state index in [1.165, 1.54) is 4.90 Å². The standard InChI is InChI=1S/C26H23N3O6/c1-34-16-8-9-17-15(12-16)4-2-6-20(17)27-24(31)14-35-22-7-3-5-18-19(22)13-29(26(18)33)21-10-11-23(30)28-25(21)32/h2-9,12,21H,10-11,13-14H2,1H3,(H,27,31)(H,28,30,32). The molecule has 9 nitrogen and oxygen atoms in total. The molecule has 0 saturated carbocycles. The Bertz CT molecular complexity index is 1370. The minimum absolute atomic E-state index is 0.170. The summed E-state index contributed by atoms with van der Waals surface area (Å²) in [5.74, 6) is -0.327. The van der Waals surface area contributed by atoms with Gasteiger partial charge in [-0.15, -0.1) is 0 Å². The van der Waals surface area contributed by atoms with Crippen LogP contribution in [0.5, 0.6) is 11.5 Å². The molecule has 2 aliphatic heterocycles. The van der Waals surface area contributed by atoms with E-state index < -0.39 is 11.9 Å². The van der Waals surface area contributed by atoms with Crippen molar-refractivity contribution < 1.29 is 28.7 Å². The average molecular weight is 473 g/mol. The predicted octanol–water partition coefficient (Wildman–Crippen LogP) is 2.63. The number of carbonyl (C=O) groups is 4. The lowest BCUT2D eigenvalue weighted by atomic mass is 10.0. The smallest absolute Gasteiger partial charge is 0.262 e. The Labute approximate surface area is 201 Å². The number of nitrogens with zero attached hydrogens (tertiary/aromatic N) is 1. The lowest BCUT2D eigenvalue weighted by Crippen LogP contribution is -2.52. The molecule has 0 aromatic heterocycles. The lowest BCUT2D eigenvalue weighted by Gasteiger charge is -2.29. The van der Waals surface area contributed by atoms with Crippen molar-refractivity contribution in [1.29, 1.82) is 0 Å². The highest BCUT2D eigenvalue weighted by atomic mass is 16.5. The van der Waals surface area contributed by atoms with E-state index >= 15 is 0 Å². The maximum atomic E-state index is 12.9. The monoisotopic (exact) mass is 473 g/mol. The summed E-state index contributed by atoms with van der Waals surface area (Å²) in [6, 6.07) is 15.5. The molecule has 3 aromatic carbocycles. The fraction of sp³-hybridized carbons (Fsp3) is 0.231. The van der Waals surface area contributed by atoms with Crippen LogP contribution >= 0.6 is 0 Å². The summed E-state index contributed by atoms with van der Waals surface area (Å²) in [5.41, 5.74) is 1.69. The first-order valence-corrected chi connectivity index (χ1v) is 11.2. The van der Waals surface area contributed by atoms with Crippen molar-refractivity contribution in [3.05, 3.63) is 65.7 Å². The summed E-state index contributed by atoms with van der Waals surface area (Å²) in [5, 5.41) is 6.96. The number of ether oxygens (including phenoxy) is 2. The quantitative estimate of drug-likeness (QED) is 0.532. The van der Waals surface area contributed by atoms with E-state index in [1.807, 2.05) is 36.4 Å². The first-order chi connectivity index (χ1) is 16.9. The van der Waals surface area contributed by atoms with Gasteiger partial charge < -0.3 is 19.7 Å². The Hall–Kier alpha value is -4.40. The second-order valence-electron chi connectivity index (χ2n) is 8.41. The molecule has 0 spiro atoms. The van der Waals surface area contributed by atoms with E-state index in [4.69, 9.17) is 9.47 Å². The third kappa shape index (κ3) is 4.28. The molecule has 0 bridgehead atoms. The molecule has 178 valence electrons. The molecule has 2 heterocycles. The van der Waals surface area contributed by atoms with E-state index in [0.29, 0.717) is 22.6 Å². The van der Waals surface area contributed by atoms with Crippen LogP contribution in [-0.2, 0) is 20.9 Å². The average Bonchev–Trinajstić information content (AvgIpc) is 3.19. The zero-order valence-corrected chi connectivity index (χ0v) is 19.0. The first kappa shape index (κ1) is 22.4. The minimum atomic E-state index is -0.714. The first-order valence-electron chi connectivity index (χ1n) is 11.2. The van der Waals surface area contributed by atoms with Gasteiger partial charge in [0.25, 0.3) is 11.8 Å². The zero-order valence-electron chi connectivity index (χ0n) is 19.0. The molecule has 4 amide bonds. The number of piperidine rings is 1. The summed E-state index contributed by atoms with van der Waals surface area (Å²) in [6.07, 6.45) is 0.459. The van der Waals surface area contributed by atoms with Gasteiger partial charge in [0.1, 0.15) is 17.5 Å². The summed E-state index contributed by atoms with van der Waals surface area (Å²) in [4.78, 5) is 50.8. The van der Waals surface area contributed by atoms with Gasteiger partial charge in [-0.25, -0.2) is 0 Å². The van der Waals surface area contributed by atoms with Crippen LogP contribution in [0.25, 0.3) is 10.8 Å². The van der Waals surface area contributed by atoms with Crippen LogP contribution in [-0.4, -0.2) is 48.3 Å². The van der Waals surface area contributed by atoms with Gasteiger partial charge in [0.2, 0.25) is 11.8 Å². The molecule has 1 saturated heterocycles. The van der Waals surface area contributed by atoms with Gasteiger partial charge in [-0.3, -0.25) is 24.5 Å². The Morgan fingerprint density at radius 1 is 1.11 bits per heavy atom. The van der Waals surface area contributed by atoms with Crippen molar-refractivity contribution in [3.8, 4) is 11.5 Å². The van der Waals surface area contributed by atoms with Gasteiger partial charge in [0, 0.05) is 28.6 Å². The molecule has 35 heavy (non-hydrogen) atoms. The maximum absolute atomic E-state index is 12.9. The molecule has 2 N–H and O–H groups in total. The highest BCUT2D eigenvalue weighted by Gasteiger charge is 2.40. The number of carbonyl (C=O) groups excluding carboxylic acids is 4. The van der Waals surface area contributed by atoms with Crippen molar-refractivity contribution in [2.75, 3.05) is 19.0 Å². The molecule has 3 aromatic rings. The van der Waals surface area contributed by atoms with E-state index in [2.05, 4.69) is 10.6 Å². The molecule has 0 aliphatic carbocycles. The van der Waals surface area contributed by atoms with Gasteiger partial charge >= 0.3 is 0 Å².